The smallest absolute Gasteiger partial charge is 0.250 e. The predicted octanol–water partition coefficient (Wildman–Crippen LogP) is 5.14. The molecule has 2 fully saturated rings. The first kappa shape index (κ1) is 26.8. The molecule has 1 aromatic heterocycles. The number of pyridine rings is 1. The fraction of sp³-hybridized carbons (Fsp3) is 0.433. The highest BCUT2D eigenvalue weighted by Gasteiger charge is 2.24. The summed E-state index contributed by atoms with van der Waals surface area (Å²) in [5, 5.41) is 13.7. The Morgan fingerprint density at radius 3 is 2.74 bits per heavy atom. The van der Waals surface area contributed by atoms with Crippen molar-refractivity contribution in [2.24, 2.45) is 0 Å². The maximum atomic E-state index is 12.6. The topological polar surface area (TPSA) is 80.8 Å². The Labute approximate surface area is 238 Å². The molecule has 0 spiro atoms. The van der Waals surface area contributed by atoms with Gasteiger partial charge in [-0.2, -0.15) is 0 Å². The van der Waals surface area contributed by atoms with Crippen LogP contribution in [0.4, 0.5) is 11.4 Å². The number of fused-ring (bicyclic) bond motifs is 2. The molecule has 4 heterocycles. The summed E-state index contributed by atoms with van der Waals surface area (Å²) in [5.41, 5.74) is 3.77. The second-order valence-corrected chi connectivity index (χ2v) is 12.7. The first-order valence-electron chi connectivity index (χ1n) is 13.9. The normalized spacial score (nSPS) is 20.3. The molecule has 0 saturated carbocycles. The van der Waals surface area contributed by atoms with Gasteiger partial charge in [0.15, 0.2) is 0 Å². The quantitative estimate of drug-likeness (QED) is 0.285. The van der Waals surface area contributed by atoms with Gasteiger partial charge in [-0.3, -0.25) is 9.69 Å². The molecule has 3 aromatic rings. The summed E-state index contributed by atoms with van der Waals surface area (Å²) < 4.78 is 5.50. The van der Waals surface area contributed by atoms with Gasteiger partial charge in [0, 0.05) is 68.3 Å². The molecule has 0 bridgehead atoms. The van der Waals surface area contributed by atoms with Crippen LogP contribution in [0, 0.1) is 0 Å². The number of hydrogen-bond donors (Lipinski definition) is 3. The number of ether oxygens (including phenoxy) is 1. The number of aromatic amines is 1. The number of rotatable bonds is 7. The van der Waals surface area contributed by atoms with Gasteiger partial charge in [0.25, 0.3) is 0 Å². The van der Waals surface area contributed by atoms with Gasteiger partial charge >= 0.3 is 0 Å². The Balaban J connectivity index is 1.22. The molecule has 2 saturated heterocycles. The van der Waals surface area contributed by atoms with E-state index in [1.165, 1.54) is 33.9 Å². The Hall–Kier alpha value is -2.43. The number of aliphatic hydroxyl groups excluding tert-OH is 1. The molecule has 2 unspecified atom stereocenters. The number of aromatic nitrogens is 1. The third kappa shape index (κ3) is 6.02. The van der Waals surface area contributed by atoms with Crippen LogP contribution >= 0.6 is 23.5 Å². The lowest BCUT2D eigenvalue weighted by Crippen LogP contribution is -2.45. The highest BCUT2D eigenvalue weighted by atomic mass is 32.2. The summed E-state index contributed by atoms with van der Waals surface area (Å²) in [7, 11) is 0. The zero-order valence-corrected chi connectivity index (χ0v) is 24.0. The molecule has 39 heavy (non-hydrogen) atoms. The third-order valence-corrected chi connectivity index (χ3v) is 10.4. The first-order valence-corrected chi connectivity index (χ1v) is 15.5. The number of likely N-dealkylation sites (tertiary alicyclic amines) is 1. The number of H-pyrrole nitrogens is 1. The van der Waals surface area contributed by atoms with E-state index in [0.29, 0.717) is 19.3 Å². The van der Waals surface area contributed by atoms with E-state index < -0.39 is 0 Å². The van der Waals surface area contributed by atoms with Crippen molar-refractivity contribution in [1.29, 1.82) is 0 Å². The Bertz CT molecular complexity index is 1370. The molecule has 6 rings (SSSR count). The molecule has 9 heteroatoms. The third-order valence-electron chi connectivity index (χ3n) is 7.84. The molecule has 3 N–H and O–H groups in total. The summed E-state index contributed by atoms with van der Waals surface area (Å²) in [6, 6.07) is 17.1. The molecular formula is C30H36N4O3S2. The number of nitrogens with one attached hydrogen (secondary N) is 2. The van der Waals surface area contributed by atoms with Crippen molar-refractivity contribution < 1.29 is 9.84 Å². The molecule has 0 radical (unpaired) electrons. The van der Waals surface area contributed by atoms with E-state index >= 15 is 0 Å². The van der Waals surface area contributed by atoms with E-state index in [-0.39, 0.29) is 18.2 Å². The van der Waals surface area contributed by atoms with Gasteiger partial charge in [0.2, 0.25) is 5.56 Å². The van der Waals surface area contributed by atoms with Crippen LogP contribution in [-0.2, 0) is 4.74 Å². The molecule has 2 aromatic carbocycles. The molecule has 3 aliphatic heterocycles. The van der Waals surface area contributed by atoms with Crippen LogP contribution in [0.25, 0.3) is 11.3 Å². The summed E-state index contributed by atoms with van der Waals surface area (Å²) in [4.78, 5) is 25.2. The van der Waals surface area contributed by atoms with E-state index in [4.69, 9.17) is 4.74 Å². The van der Waals surface area contributed by atoms with Crippen LogP contribution in [0.2, 0.25) is 0 Å². The fourth-order valence-electron chi connectivity index (χ4n) is 5.68. The number of aliphatic hydroxyl groups is 1. The molecule has 0 amide bonds. The van der Waals surface area contributed by atoms with Crippen molar-refractivity contribution in [3.8, 4) is 11.3 Å². The molecular weight excluding hydrogens is 528 g/mol. The maximum absolute atomic E-state index is 12.6. The zero-order valence-electron chi connectivity index (χ0n) is 22.3. The number of piperidine rings is 1. The highest BCUT2D eigenvalue weighted by molar-refractivity contribution is 8.05. The second-order valence-electron chi connectivity index (χ2n) is 10.6. The number of anilines is 2. The van der Waals surface area contributed by atoms with Gasteiger partial charge in [-0.25, -0.2) is 0 Å². The van der Waals surface area contributed by atoms with E-state index in [1.54, 1.807) is 29.6 Å². The molecule has 2 atom stereocenters. The minimum Gasteiger partial charge on any atom is -0.394 e. The lowest BCUT2D eigenvalue weighted by Gasteiger charge is -2.36. The maximum Gasteiger partial charge on any atom is 0.250 e. The van der Waals surface area contributed by atoms with Gasteiger partial charge in [-0.1, -0.05) is 42.1 Å². The van der Waals surface area contributed by atoms with Crippen molar-refractivity contribution in [3.63, 3.8) is 0 Å². The van der Waals surface area contributed by atoms with Crippen LogP contribution < -0.4 is 15.8 Å². The van der Waals surface area contributed by atoms with Crippen molar-refractivity contribution in [2.45, 2.75) is 57.9 Å². The van der Waals surface area contributed by atoms with Crippen molar-refractivity contribution in [2.75, 3.05) is 56.2 Å². The molecule has 0 aliphatic carbocycles. The zero-order chi connectivity index (χ0) is 26.8. The summed E-state index contributed by atoms with van der Waals surface area (Å²) in [5.74, 6) is 0. The fourth-order valence-corrected chi connectivity index (χ4v) is 8.09. The number of nitrogens with zero attached hydrogens (tertiary/aromatic N) is 2. The highest BCUT2D eigenvalue weighted by Crippen LogP contribution is 2.52. The number of benzene rings is 2. The average Bonchev–Trinajstić information content (AvgIpc) is 2.96. The van der Waals surface area contributed by atoms with Crippen LogP contribution in [-0.4, -0.2) is 73.1 Å². The Morgan fingerprint density at radius 2 is 1.92 bits per heavy atom. The van der Waals surface area contributed by atoms with Gasteiger partial charge < -0.3 is 25.0 Å². The van der Waals surface area contributed by atoms with Crippen molar-refractivity contribution in [1.82, 2.24) is 9.88 Å². The van der Waals surface area contributed by atoms with Gasteiger partial charge in [-0.15, -0.1) is 0 Å². The van der Waals surface area contributed by atoms with Gasteiger partial charge in [0.05, 0.1) is 31.6 Å². The monoisotopic (exact) mass is 564 g/mol. The lowest BCUT2D eigenvalue weighted by molar-refractivity contribution is 0.122. The SMILES string of the molecule is CC1CCCCN1CC(CO)Nc1ccc2c(c1)Sc1cccc(-c3cc(N4CCOCC4)cc(=O)[nH]3)c1S2. The minimum absolute atomic E-state index is 0.000649. The van der Waals surface area contributed by atoms with E-state index in [0.717, 1.165) is 53.7 Å². The van der Waals surface area contributed by atoms with E-state index in [1.807, 2.05) is 0 Å². The Kier molecular flexibility index (Phi) is 8.22. The largest absolute Gasteiger partial charge is 0.394 e. The van der Waals surface area contributed by atoms with Gasteiger partial charge in [-0.05, 0) is 56.6 Å². The predicted molar refractivity (Wildman–Crippen MR) is 160 cm³/mol. The molecule has 3 aliphatic rings. The van der Waals surface area contributed by atoms with Crippen molar-refractivity contribution in [3.05, 3.63) is 58.9 Å². The molecule has 7 nitrogen and oxygen atoms in total. The van der Waals surface area contributed by atoms with Crippen LogP contribution in [0.15, 0.2) is 72.9 Å². The summed E-state index contributed by atoms with van der Waals surface area (Å²) in [6.07, 6.45) is 3.77. The molecule has 206 valence electrons. The Morgan fingerprint density at radius 1 is 1.05 bits per heavy atom. The second kappa shape index (κ2) is 12.0. The lowest BCUT2D eigenvalue weighted by atomic mass is 10.0. The van der Waals surface area contributed by atoms with Gasteiger partial charge in [0.1, 0.15) is 0 Å². The number of morpholine rings is 1. The average molecular weight is 565 g/mol. The first-order chi connectivity index (χ1) is 19.1. The van der Waals surface area contributed by atoms with Crippen LogP contribution in [0.3, 0.4) is 0 Å². The van der Waals surface area contributed by atoms with Crippen molar-refractivity contribution >= 4 is 34.9 Å². The van der Waals surface area contributed by atoms with E-state index in [2.05, 4.69) is 69.5 Å². The standard InChI is InChI=1S/C30H36N4O3S2/c1-20-5-2-3-10-34(20)18-22(19-35)31-21-8-9-26-28(15-21)38-27-7-4-6-24(30(27)39-26)25-16-23(17-29(36)32-25)33-11-13-37-14-12-33/h4,6-9,15-17,20,22,31,35H,2-3,5,10-14,18-19H2,1H3,(H,32,36). The number of hydrogen-bond acceptors (Lipinski definition) is 8. The van der Waals surface area contributed by atoms with Crippen LogP contribution in [0.1, 0.15) is 26.2 Å². The van der Waals surface area contributed by atoms with E-state index in [9.17, 15) is 9.90 Å². The summed E-state index contributed by atoms with van der Waals surface area (Å²) in [6.45, 7) is 7.30. The van der Waals surface area contributed by atoms with Crippen LogP contribution in [0.5, 0.6) is 0 Å². The minimum atomic E-state index is -0.0893. The summed E-state index contributed by atoms with van der Waals surface area (Å²) >= 11 is 3.51.